The molecule has 4 heteroatoms. The lowest BCUT2D eigenvalue weighted by molar-refractivity contribution is 0.0664. The Morgan fingerprint density at radius 3 is 2.73 bits per heavy atom. The van der Waals surface area contributed by atoms with E-state index in [0.29, 0.717) is 12.1 Å². The largest absolute Gasteiger partial charge is 0.334 e. The molecule has 2 unspecified atom stereocenters. The molecule has 1 amide bonds. The van der Waals surface area contributed by atoms with E-state index >= 15 is 0 Å². The fraction of sp³-hybridized carbons (Fsp3) is 0.611. The Hall–Kier alpha value is -1.00. The third-order valence-electron chi connectivity index (χ3n) is 5.07. The number of thioether (sulfide) groups is 1. The molecule has 2 saturated heterocycles. The molecule has 2 aliphatic rings. The maximum absolute atomic E-state index is 13.0. The van der Waals surface area contributed by atoms with Crippen molar-refractivity contribution in [2.75, 3.05) is 26.4 Å². The van der Waals surface area contributed by atoms with Gasteiger partial charge in [-0.2, -0.15) is 11.8 Å². The van der Waals surface area contributed by atoms with Gasteiger partial charge in [0, 0.05) is 29.9 Å². The molecule has 2 aliphatic heterocycles. The minimum atomic E-state index is 0.228. The number of likely N-dealkylation sites (tertiary alicyclic amines) is 2. The summed E-state index contributed by atoms with van der Waals surface area (Å²) < 4.78 is 0. The highest BCUT2D eigenvalue weighted by Gasteiger charge is 2.38. The Kier molecular flexibility index (Phi) is 5.09. The van der Waals surface area contributed by atoms with Crippen molar-refractivity contribution in [2.45, 2.75) is 43.5 Å². The number of benzene rings is 1. The molecule has 1 aromatic rings. The van der Waals surface area contributed by atoms with Crippen LogP contribution in [0.2, 0.25) is 0 Å². The minimum Gasteiger partial charge on any atom is -0.334 e. The summed E-state index contributed by atoms with van der Waals surface area (Å²) in [6.07, 6.45) is 6.90. The summed E-state index contributed by atoms with van der Waals surface area (Å²) >= 11 is 1.80. The molecule has 0 bridgehead atoms. The quantitative estimate of drug-likeness (QED) is 0.851. The average molecular weight is 318 g/mol. The molecule has 2 fully saturated rings. The van der Waals surface area contributed by atoms with Gasteiger partial charge in [-0.25, -0.2) is 0 Å². The molecule has 120 valence electrons. The number of likely N-dealkylation sites (N-methyl/N-ethyl adjacent to an activating group) is 1. The number of rotatable bonds is 4. The monoisotopic (exact) mass is 318 g/mol. The number of carbonyl (C=O) groups excluding carboxylic acids is 1. The molecular formula is C18H26N2OS. The molecule has 0 radical (unpaired) electrons. The lowest BCUT2D eigenvalue weighted by Gasteiger charge is -2.33. The summed E-state index contributed by atoms with van der Waals surface area (Å²) in [4.78, 5) is 17.6. The van der Waals surface area contributed by atoms with Gasteiger partial charge in [-0.15, -0.1) is 0 Å². The van der Waals surface area contributed by atoms with Crippen molar-refractivity contribution < 1.29 is 4.79 Å². The fourth-order valence-electron chi connectivity index (χ4n) is 3.99. The number of amides is 1. The smallest absolute Gasteiger partial charge is 0.254 e. The first-order valence-corrected chi connectivity index (χ1v) is 9.69. The average Bonchev–Trinajstić information content (AvgIpc) is 3.15. The number of hydrogen-bond donors (Lipinski definition) is 0. The summed E-state index contributed by atoms with van der Waals surface area (Å²) in [5, 5.41) is 0. The lowest BCUT2D eigenvalue weighted by Crippen LogP contribution is -2.47. The second kappa shape index (κ2) is 7.05. The van der Waals surface area contributed by atoms with Gasteiger partial charge in [0.05, 0.1) is 0 Å². The van der Waals surface area contributed by atoms with E-state index in [9.17, 15) is 4.79 Å². The van der Waals surface area contributed by atoms with Crippen LogP contribution in [0.5, 0.6) is 0 Å². The second-order valence-electron chi connectivity index (χ2n) is 6.53. The van der Waals surface area contributed by atoms with Crippen molar-refractivity contribution in [1.29, 1.82) is 0 Å². The van der Waals surface area contributed by atoms with Crippen molar-refractivity contribution >= 4 is 17.7 Å². The third kappa shape index (κ3) is 3.18. The number of carbonyl (C=O) groups is 1. The Bertz CT molecular complexity index is 534. The molecule has 0 aromatic heterocycles. The van der Waals surface area contributed by atoms with Crippen LogP contribution in [-0.4, -0.2) is 54.2 Å². The van der Waals surface area contributed by atoms with Crippen LogP contribution in [0.1, 0.15) is 41.6 Å². The highest BCUT2D eigenvalue weighted by Crippen LogP contribution is 2.30. The molecule has 3 rings (SSSR count). The van der Waals surface area contributed by atoms with Crippen LogP contribution in [0, 0.1) is 0 Å². The van der Waals surface area contributed by atoms with Crippen LogP contribution in [0.25, 0.3) is 0 Å². The first-order valence-electron chi connectivity index (χ1n) is 8.30. The van der Waals surface area contributed by atoms with Crippen LogP contribution in [0.4, 0.5) is 0 Å². The van der Waals surface area contributed by atoms with Gasteiger partial charge in [0.15, 0.2) is 0 Å². The van der Waals surface area contributed by atoms with Crippen LogP contribution in [0.15, 0.2) is 24.3 Å². The zero-order valence-electron chi connectivity index (χ0n) is 13.6. The lowest BCUT2D eigenvalue weighted by atomic mass is 10.0. The molecule has 0 N–H and O–H groups in total. The molecule has 2 heterocycles. The predicted molar refractivity (Wildman–Crippen MR) is 93.4 cm³/mol. The van der Waals surface area contributed by atoms with E-state index in [1.54, 1.807) is 11.8 Å². The highest BCUT2D eigenvalue weighted by molar-refractivity contribution is 7.97. The third-order valence-corrected chi connectivity index (χ3v) is 5.69. The van der Waals surface area contributed by atoms with E-state index in [0.717, 1.165) is 30.7 Å². The Morgan fingerprint density at radius 1 is 1.23 bits per heavy atom. The molecule has 0 saturated carbocycles. The highest BCUT2D eigenvalue weighted by atomic mass is 32.2. The Balaban J connectivity index is 1.77. The van der Waals surface area contributed by atoms with E-state index < -0.39 is 0 Å². The number of hydrogen-bond acceptors (Lipinski definition) is 3. The summed E-state index contributed by atoms with van der Waals surface area (Å²) in [7, 11) is 2.21. The normalized spacial score (nSPS) is 25.8. The van der Waals surface area contributed by atoms with Gasteiger partial charge in [-0.05, 0) is 63.2 Å². The summed E-state index contributed by atoms with van der Waals surface area (Å²) in [5.41, 5.74) is 2.10. The molecular weight excluding hydrogens is 292 g/mol. The van der Waals surface area contributed by atoms with Crippen molar-refractivity contribution in [3.63, 3.8) is 0 Å². The minimum absolute atomic E-state index is 0.228. The van der Waals surface area contributed by atoms with Gasteiger partial charge in [0.25, 0.3) is 5.91 Å². The maximum atomic E-state index is 13.0. The van der Waals surface area contributed by atoms with Gasteiger partial charge < -0.3 is 9.80 Å². The van der Waals surface area contributed by atoms with Crippen molar-refractivity contribution in [3.05, 3.63) is 35.4 Å². The van der Waals surface area contributed by atoms with Gasteiger partial charge >= 0.3 is 0 Å². The van der Waals surface area contributed by atoms with Crippen LogP contribution < -0.4 is 0 Å². The summed E-state index contributed by atoms with van der Waals surface area (Å²) in [5.74, 6) is 1.20. The van der Waals surface area contributed by atoms with Crippen molar-refractivity contribution in [3.8, 4) is 0 Å². The topological polar surface area (TPSA) is 23.6 Å². The van der Waals surface area contributed by atoms with Gasteiger partial charge in [0.1, 0.15) is 0 Å². The second-order valence-corrected chi connectivity index (χ2v) is 7.40. The Morgan fingerprint density at radius 2 is 2.00 bits per heavy atom. The predicted octanol–water partition coefficient (Wildman–Crippen LogP) is 3.25. The molecule has 22 heavy (non-hydrogen) atoms. The standard InChI is InChI=1S/C18H26N2OS/c1-19-10-4-8-16(19)17-9-5-11-20(17)18(21)15-7-3-6-14(12-15)13-22-2/h3,6-7,12,16-17H,4-5,8-11,13H2,1-2H3. The summed E-state index contributed by atoms with van der Waals surface area (Å²) in [6.45, 7) is 2.09. The van der Waals surface area contributed by atoms with Gasteiger partial charge in [0.2, 0.25) is 0 Å². The van der Waals surface area contributed by atoms with E-state index in [-0.39, 0.29) is 5.91 Å². The first-order chi connectivity index (χ1) is 10.7. The van der Waals surface area contributed by atoms with E-state index in [2.05, 4.69) is 35.2 Å². The fourth-order valence-corrected chi connectivity index (χ4v) is 4.51. The zero-order chi connectivity index (χ0) is 15.5. The Labute approximate surface area is 138 Å². The van der Waals surface area contributed by atoms with Crippen molar-refractivity contribution in [2.24, 2.45) is 0 Å². The van der Waals surface area contributed by atoms with E-state index in [1.165, 1.54) is 24.9 Å². The molecule has 0 aliphatic carbocycles. The van der Waals surface area contributed by atoms with E-state index in [4.69, 9.17) is 0 Å². The molecule has 1 aromatic carbocycles. The number of nitrogens with zero attached hydrogens (tertiary/aromatic N) is 2. The SMILES string of the molecule is CSCc1cccc(C(=O)N2CCCC2C2CCCN2C)c1. The van der Waals surface area contributed by atoms with Gasteiger partial charge in [-0.1, -0.05) is 12.1 Å². The summed E-state index contributed by atoms with van der Waals surface area (Å²) in [6, 6.07) is 9.14. The van der Waals surface area contributed by atoms with Crippen LogP contribution in [-0.2, 0) is 5.75 Å². The zero-order valence-corrected chi connectivity index (χ0v) is 14.4. The molecule has 2 atom stereocenters. The van der Waals surface area contributed by atoms with Gasteiger partial charge in [-0.3, -0.25) is 4.79 Å². The molecule has 0 spiro atoms. The molecule has 3 nitrogen and oxygen atoms in total. The van der Waals surface area contributed by atoms with Crippen molar-refractivity contribution in [1.82, 2.24) is 9.80 Å². The first kappa shape index (κ1) is 15.9. The maximum Gasteiger partial charge on any atom is 0.254 e. The van der Waals surface area contributed by atoms with Crippen LogP contribution >= 0.6 is 11.8 Å². The van der Waals surface area contributed by atoms with E-state index in [1.807, 2.05) is 12.1 Å². The van der Waals surface area contributed by atoms with Crippen LogP contribution in [0.3, 0.4) is 0 Å².